The SMILES string of the molecule is Cc1noc(C)c1CNC(=O)CC[C@@H]1CCCN2CCCC[C@H]12. The van der Waals surface area contributed by atoms with E-state index in [1.165, 1.54) is 45.2 Å². The summed E-state index contributed by atoms with van der Waals surface area (Å²) in [6.07, 6.45) is 8.27. The Morgan fingerprint density at radius 2 is 2.09 bits per heavy atom. The molecule has 1 N–H and O–H groups in total. The summed E-state index contributed by atoms with van der Waals surface area (Å²) >= 11 is 0. The number of carbonyl (C=O) groups is 1. The van der Waals surface area contributed by atoms with Crippen molar-refractivity contribution in [1.29, 1.82) is 0 Å². The molecule has 0 aromatic carbocycles. The molecule has 0 bridgehead atoms. The van der Waals surface area contributed by atoms with Gasteiger partial charge in [0.1, 0.15) is 5.76 Å². The number of hydrogen-bond acceptors (Lipinski definition) is 4. The molecule has 0 spiro atoms. The number of amides is 1. The summed E-state index contributed by atoms with van der Waals surface area (Å²) in [5.41, 5.74) is 1.88. The van der Waals surface area contributed by atoms with Crippen LogP contribution in [0, 0.1) is 19.8 Å². The minimum Gasteiger partial charge on any atom is -0.361 e. The van der Waals surface area contributed by atoms with Crippen LogP contribution in [0.2, 0.25) is 0 Å². The van der Waals surface area contributed by atoms with Crippen molar-refractivity contribution in [1.82, 2.24) is 15.4 Å². The Labute approximate surface area is 138 Å². The Hall–Kier alpha value is -1.36. The van der Waals surface area contributed by atoms with E-state index in [1.54, 1.807) is 0 Å². The van der Waals surface area contributed by atoms with Gasteiger partial charge in [0.2, 0.25) is 5.91 Å². The van der Waals surface area contributed by atoms with Crippen LogP contribution in [0.4, 0.5) is 0 Å². The van der Waals surface area contributed by atoms with Crippen molar-refractivity contribution in [3.8, 4) is 0 Å². The fourth-order valence-corrected chi connectivity index (χ4v) is 4.26. The van der Waals surface area contributed by atoms with E-state index in [4.69, 9.17) is 4.52 Å². The zero-order valence-corrected chi connectivity index (χ0v) is 14.4. The molecule has 3 heterocycles. The normalized spacial score (nSPS) is 25.1. The highest BCUT2D eigenvalue weighted by Gasteiger charge is 2.32. The lowest BCUT2D eigenvalue weighted by molar-refractivity contribution is -0.121. The van der Waals surface area contributed by atoms with Crippen molar-refractivity contribution in [2.45, 2.75) is 71.4 Å². The molecule has 0 aliphatic carbocycles. The van der Waals surface area contributed by atoms with Crippen LogP contribution in [-0.4, -0.2) is 35.1 Å². The number of carbonyl (C=O) groups excluding carboxylic acids is 1. The highest BCUT2D eigenvalue weighted by atomic mass is 16.5. The molecule has 2 fully saturated rings. The zero-order chi connectivity index (χ0) is 16.2. The highest BCUT2D eigenvalue weighted by Crippen LogP contribution is 2.33. The first kappa shape index (κ1) is 16.5. The molecule has 2 atom stereocenters. The van der Waals surface area contributed by atoms with Crippen LogP contribution in [-0.2, 0) is 11.3 Å². The average Bonchev–Trinajstić information content (AvgIpc) is 2.89. The van der Waals surface area contributed by atoms with Crippen LogP contribution in [0.3, 0.4) is 0 Å². The number of hydrogen-bond donors (Lipinski definition) is 1. The van der Waals surface area contributed by atoms with Crippen molar-refractivity contribution < 1.29 is 9.32 Å². The van der Waals surface area contributed by atoms with Crippen LogP contribution in [0.15, 0.2) is 4.52 Å². The maximum atomic E-state index is 12.2. The first-order chi connectivity index (χ1) is 11.1. The predicted molar refractivity (Wildman–Crippen MR) is 89.0 cm³/mol. The molecule has 2 saturated heterocycles. The second-order valence-corrected chi connectivity index (χ2v) is 7.12. The minimum absolute atomic E-state index is 0.151. The van der Waals surface area contributed by atoms with Crippen molar-refractivity contribution >= 4 is 5.91 Å². The van der Waals surface area contributed by atoms with E-state index < -0.39 is 0 Å². The molecule has 5 nitrogen and oxygen atoms in total. The van der Waals surface area contributed by atoms with Gasteiger partial charge in [-0.2, -0.15) is 0 Å². The van der Waals surface area contributed by atoms with E-state index in [0.717, 1.165) is 29.5 Å². The maximum absolute atomic E-state index is 12.2. The molecule has 5 heteroatoms. The van der Waals surface area contributed by atoms with Gasteiger partial charge in [0.25, 0.3) is 0 Å². The fourth-order valence-electron chi connectivity index (χ4n) is 4.26. The zero-order valence-electron chi connectivity index (χ0n) is 14.4. The topological polar surface area (TPSA) is 58.4 Å². The predicted octanol–water partition coefficient (Wildman–Crippen LogP) is 2.95. The molecule has 0 radical (unpaired) electrons. The number of nitrogens with zero attached hydrogens (tertiary/aromatic N) is 2. The van der Waals surface area contributed by atoms with Crippen molar-refractivity contribution in [3.63, 3.8) is 0 Å². The second kappa shape index (κ2) is 7.47. The first-order valence-electron chi connectivity index (χ1n) is 9.07. The molecular formula is C18H29N3O2. The Bertz CT molecular complexity index is 519. The van der Waals surface area contributed by atoms with Gasteiger partial charge in [-0.15, -0.1) is 0 Å². The molecule has 3 rings (SSSR count). The van der Waals surface area contributed by atoms with E-state index in [9.17, 15) is 4.79 Å². The summed E-state index contributed by atoms with van der Waals surface area (Å²) in [6, 6.07) is 0.730. The number of aromatic nitrogens is 1. The van der Waals surface area contributed by atoms with Gasteiger partial charge in [0, 0.05) is 24.6 Å². The lowest BCUT2D eigenvalue weighted by atomic mass is 9.81. The van der Waals surface area contributed by atoms with Gasteiger partial charge in [0.05, 0.1) is 5.69 Å². The molecule has 0 saturated carbocycles. The van der Waals surface area contributed by atoms with Gasteiger partial charge in [-0.3, -0.25) is 4.79 Å². The highest BCUT2D eigenvalue weighted by molar-refractivity contribution is 5.75. The summed E-state index contributed by atoms with van der Waals surface area (Å²) in [5.74, 6) is 1.65. The van der Waals surface area contributed by atoms with Gasteiger partial charge >= 0.3 is 0 Å². The molecule has 2 aliphatic heterocycles. The van der Waals surface area contributed by atoms with Crippen molar-refractivity contribution in [2.24, 2.45) is 5.92 Å². The van der Waals surface area contributed by atoms with Gasteiger partial charge in [-0.05, 0) is 65.0 Å². The molecular weight excluding hydrogens is 290 g/mol. The third kappa shape index (κ3) is 3.94. The lowest BCUT2D eigenvalue weighted by Gasteiger charge is -2.44. The number of nitrogens with one attached hydrogen (secondary N) is 1. The Balaban J connectivity index is 1.45. The summed E-state index contributed by atoms with van der Waals surface area (Å²) in [7, 11) is 0. The van der Waals surface area contributed by atoms with E-state index in [-0.39, 0.29) is 5.91 Å². The Morgan fingerprint density at radius 1 is 1.26 bits per heavy atom. The molecule has 0 unspecified atom stereocenters. The molecule has 23 heavy (non-hydrogen) atoms. The fraction of sp³-hybridized carbons (Fsp3) is 0.778. The number of rotatable bonds is 5. The molecule has 1 aromatic rings. The Kier molecular flexibility index (Phi) is 5.36. The van der Waals surface area contributed by atoms with Gasteiger partial charge in [-0.25, -0.2) is 0 Å². The molecule has 128 valence electrons. The summed E-state index contributed by atoms with van der Waals surface area (Å²) in [5, 5.41) is 6.95. The number of fused-ring (bicyclic) bond motifs is 1. The molecule has 1 amide bonds. The van der Waals surface area contributed by atoms with Gasteiger partial charge in [-0.1, -0.05) is 11.6 Å². The average molecular weight is 319 g/mol. The summed E-state index contributed by atoms with van der Waals surface area (Å²) < 4.78 is 5.14. The number of aryl methyl sites for hydroxylation is 2. The molecule has 1 aromatic heterocycles. The second-order valence-electron chi connectivity index (χ2n) is 7.12. The van der Waals surface area contributed by atoms with Crippen LogP contribution in [0.1, 0.15) is 62.0 Å². The molecule has 2 aliphatic rings. The first-order valence-corrected chi connectivity index (χ1v) is 9.07. The summed E-state index contributed by atoms with van der Waals surface area (Å²) in [6.45, 7) is 6.86. The van der Waals surface area contributed by atoms with E-state index in [1.807, 2.05) is 13.8 Å². The van der Waals surface area contributed by atoms with Crippen molar-refractivity contribution in [3.05, 3.63) is 17.0 Å². The number of piperidine rings is 2. The van der Waals surface area contributed by atoms with Crippen LogP contribution < -0.4 is 5.32 Å². The quantitative estimate of drug-likeness (QED) is 0.906. The van der Waals surface area contributed by atoms with Crippen LogP contribution >= 0.6 is 0 Å². The monoisotopic (exact) mass is 319 g/mol. The third-order valence-electron chi connectivity index (χ3n) is 5.61. The van der Waals surface area contributed by atoms with Crippen molar-refractivity contribution in [2.75, 3.05) is 13.1 Å². The largest absolute Gasteiger partial charge is 0.361 e. The van der Waals surface area contributed by atoms with Gasteiger partial charge in [0.15, 0.2) is 0 Å². The standard InChI is InChI=1S/C18H29N3O2/c1-13-16(14(2)23-20-13)12-19-18(22)9-8-15-6-5-11-21-10-4-3-7-17(15)21/h15,17H,3-12H2,1-2H3,(H,19,22)/t15-,17+/m0/s1. The van der Waals surface area contributed by atoms with E-state index in [2.05, 4.69) is 15.4 Å². The minimum atomic E-state index is 0.151. The summed E-state index contributed by atoms with van der Waals surface area (Å²) in [4.78, 5) is 14.9. The van der Waals surface area contributed by atoms with Crippen LogP contribution in [0.25, 0.3) is 0 Å². The van der Waals surface area contributed by atoms with Crippen LogP contribution in [0.5, 0.6) is 0 Å². The third-order valence-corrected chi connectivity index (χ3v) is 5.61. The maximum Gasteiger partial charge on any atom is 0.220 e. The van der Waals surface area contributed by atoms with E-state index >= 15 is 0 Å². The van der Waals surface area contributed by atoms with Gasteiger partial charge < -0.3 is 14.7 Å². The van der Waals surface area contributed by atoms with E-state index in [0.29, 0.717) is 18.9 Å². The lowest BCUT2D eigenvalue weighted by Crippen LogP contribution is -2.48. The Morgan fingerprint density at radius 3 is 2.87 bits per heavy atom. The smallest absolute Gasteiger partial charge is 0.220 e.